The summed E-state index contributed by atoms with van der Waals surface area (Å²) in [7, 11) is 0. The van der Waals surface area contributed by atoms with Crippen molar-refractivity contribution < 1.29 is 19.1 Å². The van der Waals surface area contributed by atoms with Crippen molar-refractivity contribution in [1.82, 2.24) is 0 Å². The van der Waals surface area contributed by atoms with Gasteiger partial charge in [-0.1, -0.05) is 64.9 Å². The highest BCUT2D eigenvalue weighted by Crippen LogP contribution is 2.33. The minimum absolute atomic E-state index is 0.140. The number of rotatable bonds is 10. The van der Waals surface area contributed by atoms with Gasteiger partial charge in [-0.2, -0.15) is 0 Å². The van der Waals surface area contributed by atoms with Crippen molar-refractivity contribution in [2.45, 2.75) is 79.2 Å². The topological polar surface area (TPSA) is 64.2 Å². The summed E-state index contributed by atoms with van der Waals surface area (Å²) in [6, 6.07) is 13.4. The maximum atomic E-state index is 10.4. The van der Waals surface area contributed by atoms with E-state index >= 15 is 0 Å². The summed E-state index contributed by atoms with van der Waals surface area (Å²) in [6.45, 7) is 15.6. The van der Waals surface area contributed by atoms with Gasteiger partial charge in [0.25, 0.3) is 5.95 Å². The van der Waals surface area contributed by atoms with Gasteiger partial charge in [0.15, 0.2) is 0 Å². The van der Waals surface area contributed by atoms with Crippen LogP contribution in [0, 0.1) is 6.92 Å². The molecule has 1 heterocycles. The number of ether oxygens (including phenoxy) is 1. The fourth-order valence-corrected chi connectivity index (χ4v) is 3.92. The van der Waals surface area contributed by atoms with Crippen LogP contribution in [-0.4, -0.2) is 11.3 Å². The lowest BCUT2D eigenvalue weighted by Gasteiger charge is -2.22. The normalized spacial score (nSPS) is 11.8. The van der Waals surface area contributed by atoms with Gasteiger partial charge in [-0.15, -0.1) is 0 Å². The van der Waals surface area contributed by atoms with Crippen LogP contribution in [0.4, 0.5) is 0 Å². The molecule has 5 heteroatoms. The maximum Gasteiger partial charge on any atom is 0.290 e. The Balaban J connectivity index is 1.65. The number of benzene rings is 2. The quantitative estimate of drug-likeness (QED) is 0.243. The molecule has 0 saturated carbocycles. The number of hydrogen-bond donors (Lipinski definition) is 1. The molecule has 5 nitrogen and oxygen atoms in total. The van der Waals surface area contributed by atoms with Gasteiger partial charge in [0.05, 0.1) is 0 Å². The minimum Gasteiger partial charge on any atom is -0.508 e. The number of oxime groups is 1. The molecular weight excluding hydrogens is 426 g/mol. The standard InChI is InChI=1S/C29H37NO4/c1-18(2)23-14-25(19(3)4)27(26(15-23)20(5)6)17-32-30-13-12-22-9-10-24(16-28(22)31)34-29-11-8-21(7)33-29/h8-11,13-16,18-20,31H,12,17H2,1-7H3. The summed E-state index contributed by atoms with van der Waals surface area (Å²) in [4.78, 5) is 5.72. The zero-order valence-electron chi connectivity index (χ0n) is 21.4. The van der Waals surface area contributed by atoms with Gasteiger partial charge in [-0.3, -0.25) is 0 Å². The van der Waals surface area contributed by atoms with Gasteiger partial charge in [0.1, 0.15) is 23.9 Å². The first-order chi connectivity index (χ1) is 16.2. The first kappa shape index (κ1) is 25.4. The number of phenols is 1. The Morgan fingerprint density at radius 2 is 1.59 bits per heavy atom. The van der Waals surface area contributed by atoms with Gasteiger partial charge in [-0.05, 0) is 64.6 Å². The Morgan fingerprint density at radius 3 is 2.12 bits per heavy atom. The molecule has 34 heavy (non-hydrogen) atoms. The third kappa shape index (κ3) is 6.43. The third-order valence-electron chi connectivity index (χ3n) is 5.91. The van der Waals surface area contributed by atoms with Crippen molar-refractivity contribution in [3.63, 3.8) is 0 Å². The van der Waals surface area contributed by atoms with E-state index in [0.717, 1.165) is 11.3 Å². The lowest BCUT2D eigenvalue weighted by atomic mass is 9.85. The molecule has 0 fully saturated rings. The number of phenolic OH excluding ortho intramolecular Hbond substituents is 1. The zero-order chi connectivity index (χ0) is 24.8. The molecule has 0 aliphatic carbocycles. The fourth-order valence-electron chi connectivity index (χ4n) is 3.92. The number of aryl methyl sites for hydroxylation is 1. The van der Waals surface area contributed by atoms with Crippen LogP contribution in [0.15, 0.2) is 52.0 Å². The van der Waals surface area contributed by atoms with Gasteiger partial charge < -0.3 is 19.1 Å². The Kier molecular flexibility index (Phi) is 8.43. The molecule has 0 amide bonds. The van der Waals surface area contributed by atoms with Crippen molar-refractivity contribution in [1.29, 1.82) is 0 Å². The summed E-state index contributed by atoms with van der Waals surface area (Å²) >= 11 is 0. The molecular formula is C29H37NO4. The van der Waals surface area contributed by atoms with Gasteiger partial charge in [0, 0.05) is 24.8 Å². The van der Waals surface area contributed by atoms with Crippen LogP contribution >= 0.6 is 0 Å². The van der Waals surface area contributed by atoms with Crippen LogP contribution in [0.2, 0.25) is 0 Å². The monoisotopic (exact) mass is 463 g/mol. The second kappa shape index (κ2) is 11.3. The molecule has 0 bridgehead atoms. The molecule has 0 spiro atoms. The SMILES string of the molecule is Cc1ccc(Oc2ccc(CC=NOCc3c(C(C)C)cc(C(C)C)cc3C(C)C)c(O)c2)o1. The Hall–Kier alpha value is -3.21. The zero-order valence-corrected chi connectivity index (χ0v) is 21.4. The second-order valence-corrected chi connectivity index (χ2v) is 9.67. The molecule has 3 aromatic rings. The molecule has 0 unspecified atom stereocenters. The van der Waals surface area contributed by atoms with E-state index in [0.29, 0.717) is 42.5 Å². The van der Waals surface area contributed by atoms with Crippen molar-refractivity contribution >= 4 is 6.21 Å². The maximum absolute atomic E-state index is 10.4. The molecule has 1 N–H and O–H groups in total. The smallest absolute Gasteiger partial charge is 0.290 e. The second-order valence-electron chi connectivity index (χ2n) is 9.67. The van der Waals surface area contributed by atoms with Crippen molar-refractivity contribution in [3.05, 3.63) is 76.0 Å². The highest BCUT2D eigenvalue weighted by Gasteiger charge is 2.17. The molecule has 2 aromatic carbocycles. The Labute approximate surface area is 203 Å². The van der Waals surface area contributed by atoms with Crippen LogP contribution < -0.4 is 4.74 Å². The van der Waals surface area contributed by atoms with E-state index in [9.17, 15) is 5.11 Å². The van der Waals surface area contributed by atoms with Crippen LogP contribution in [-0.2, 0) is 17.9 Å². The molecule has 0 aliphatic rings. The summed E-state index contributed by atoms with van der Waals surface area (Å²) in [6.07, 6.45) is 2.13. The molecule has 0 atom stereocenters. The predicted octanol–water partition coefficient (Wildman–Crippen LogP) is 8.20. The first-order valence-corrected chi connectivity index (χ1v) is 12.0. The predicted molar refractivity (Wildman–Crippen MR) is 137 cm³/mol. The summed E-state index contributed by atoms with van der Waals surface area (Å²) in [5.74, 6) is 3.10. The lowest BCUT2D eigenvalue weighted by molar-refractivity contribution is 0.130. The Bertz CT molecular complexity index is 1100. The summed E-state index contributed by atoms with van der Waals surface area (Å²) in [5, 5.41) is 14.5. The number of hydrogen-bond acceptors (Lipinski definition) is 5. The molecule has 182 valence electrons. The van der Waals surface area contributed by atoms with Crippen molar-refractivity contribution in [3.8, 4) is 17.4 Å². The summed E-state index contributed by atoms with van der Waals surface area (Å²) < 4.78 is 11.0. The van der Waals surface area contributed by atoms with Gasteiger partial charge in [0.2, 0.25) is 0 Å². The number of furan rings is 1. The van der Waals surface area contributed by atoms with E-state index in [-0.39, 0.29) is 5.75 Å². The Morgan fingerprint density at radius 1 is 0.912 bits per heavy atom. The fraction of sp³-hybridized carbons (Fsp3) is 0.414. The van der Waals surface area contributed by atoms with E-state index < -0.39 is 0 Å². The summed E-state index contributed by atoms with van der Waals surface area (Å²) in [5.41, 5.74) is 5.98. The molecule has 0 aliphatic heterocycles. The highest BCUT2D eigenvalue weighted by atomic mass is 16.6. The first-order valence-electron chi connectivity index (χ1n) is 12.0. The van der Waals surface area contributed by atoms with Crippen LogP contribution in [0.3, 0.4) is 0 Å². The third-order valence-corrected chi connectivity index (χ3v) is 5.91. The van der Waals surface area contributed by atoms with E-state index in [1.807, 2.05) is 19.1 Å². The molecule has 0 saturated heterocycles. The van der Waals surface area contributed by atoms with Gasteiger partial charge >= 0.3 is 0 Å². The van der Waals surface area contributed by atoms with E-state index in [2.05, 4.69) is 58.8 Å². The van der Waals surface area contributed by atoms with Crippen molar-refractivity contribution in [2.75, 3.05) is 0 Å². The van der Waals surface area contributed by atoms with Crippen molar-refractivity contribution in [2.24, 2.45) is 5.16 Å². The average molecular weight is 464 g/mol. The van der Waals surface area contributed by atoms with Gasteiger partial charge in [-0.25, -0.2) is 0 Å². The van der Waals surface area contributed by atoms with E-state index in [1.54, 1.807) is 24.4 Å². The van der Waals surface area contributed by atoms with Crippen LogP contribution in [0.25, 0.3) is 0 Å². The number of aromatic hydroxyl groups is 1. The van der Waals surface area contributed by atoms with Crippen LogP contribution in [0.1, 0.15) is 92.9 Å². The molecule has 1 aromatic heterocycles. The molecule has 3 rings (SSSR count). The highest BCUT2D eigenvalue weighted by molar-refractivity contribution is 5.63. The number of nitrogens with zero attached hydrogens (tertiary/aromatic N) is 1. The average Bonchev–Trinajstić information content (AvgIpc) is 3.18. The van der Waals surface area contributed by atoms with Crippen LogP contribution in [0.5, 0.6) is 17.4 Å². The van der Waals surface area contributed by atoms with E-state index in [1.165, 1.54) is 22.3 Å². The van der Waals surface area contributed by atoms with E-state index in [4.69, 9.17) is 14.0 Å². The lowest BCUT2D eigenvalue weighted by Crippen LogP contribution is -2.07. The molecule has 0 radical (unpaired) electrons. The largest absolute Gasteiger partial charge is 0.508 e. The minimum atomic E-state index is 0.140.